The molecule has 24 heavy (non-hydrogen) atoms. The summed E-state index contributed by atoms with van der Waals surface area (Å²) in [7, 11) is 0. The lowest BCUT2D eigenvalue weighted by atomic mass is 10.0. The van der Waals surface area contributed by atoms with Gasteiger partial charge in [-0.05, 0) is 23.4 Å². The fourth-order valence-corrected chi connectivity index (χ4v) is 4.12. The first-order chi connectivity index (χ1) is 11.8. The molecule has 0 saturated carbocycles. The lowest BCUT2D eigenvalue weighted by Crippen LogP contribution is -2.55. The Balaban J connectivity index is 1.31. The van der Waals surface area contributed by atoms with Crippen LogP contribution in [0, 0.1) is 0 Å². The number of thiophene rings is 1. The number of piperazine rings is 1. The highest BCUT2D eigenvalue weighted by Crippen LogP contribution is 2.24. The standard InChI is InChI=1S/C18H22N4OS/c23-18(15-6-11-24-13-15)22-9-7-21(8-10-22)17-12-16(19-20-17)14-4-2-1-3-5-14/h1-6,11,13,16-17,19-20H,7-10,12H2. The van der Waals surface area contributed by atoms with Crippen LogP contribution in [-0.4, -0.2) is 48.1 Å². The average molecular weight is 342 g/mol. The molecule has 3 heterocycles. The molecule has 0 radical (unpaired) electrons. The Morgan fingerprint density at radius 1 is 1.04 bits per heavy atom. The second-order valence-corrected chi connectivity index (χ2v) is 7.12. The van der Waals surface area contributed by atoms with E-state index in [1.54, 1.807) is 11.3 Å². The minimum absolute atomic E-state index is 0.163. The van der Waals surface area contributed by atoms with E-state index in [2.05, 4.69) is 40.0 Å². The molecular weight excluding hydrogens is 320 g/mol. The molecule has 2 fully saturated rings. The first-order valence-electron chi connectivity index (χ1n) is 8.43. The van der Waals surface area contributed by atoms with E-state index in [4.69, 9.17) is 0 Å². The van der Waals surface area contributed by atoms with E-state index in [-0.39, 0.29) is 5.91 Å². The van der Waals surface area contributed by atoms with E-state index in [1.165, 1.54) is 5.56 Å². The Hall–Kier alpha value is -1.73. The van der Waals surface area contributed by atoms with Crippen LogP contribution in [0.3, 0.4) is 0 Å². The van der Waals surface area contributed by atoms with Crippen LogP contribution in [-0.2, 0) is 0 Å². The Morgan fingerprint density at radius 2 is 1.83 bits per heavy atom. The summed E-state index contributed by atoms with van der Waals surface area (Å²) >= 11 is 1.57. The van der Waals surface area contributed by atoms with Crippen LogP contribution in [0.25, 0.3) is 0 Å². The van der Waals surface area contributed by atoms with Crippen LogP contribution in [0.15, 0.2) is 47.2 Å². The minimum atomic E-state index is 0.163. The van der Waals surface area contributed by atoms with Crippen molar-refractivity contribution in [3.63, 3.8) is 0 Å². The molecule has 0 aliphatic carbocycles. The van der Waals surface area contributed by atoms with Crippen LogP contribution < -0.4 is 10.9 Å². The summed E-state index contributed by atoms with van der Waals surface area (Å²) < 4.78 is 0. The van der Waals surface area contributed by atoms with Gasteiger partial charge in [0.15, 0.2) is 0 Å². The molecular formula is C18H22N4OS. The number of amides is 1. The van der Waals surface area contributed by atoms with Crippen molar-refractivity contribution in [3.8, 4) is 0 Å². The summed E-state index contributed by atoms with van der Waals surface area (Å²) in [6, 6.07) is 12.8. The maximum absolute atomic E-state index is 12.4. The number of hydrazine groups is 1. The molecule has 1 aromatic heterocycles. The smallest absolute Gasteiger partial charge is 0.254 e. The van der Waals surface area contributed by atoms with Gasteiger partial charge < -0.3 is 4.90 Å². The van der Waals surface area contributed by atoms with Crippen molar-refractivity contribution in [1.82, 2.24) is 20.7 Å². The Kier molecular flexibility index (Phi) is 4.62. The first kappa shape index (κ1) is 15.8. The Bertz CT molecular complexity index is 668. The molecule has 2 atom stereocenters. The predicted octanol–water partition coefficient (Wildman–Crippen LogP) is 2.07. The predicted molar refractivity (Wildman–Crippen MR) is 95.7 cm³/mol. The molecule has 2 N–H and O–H groups in total. The van der Waals surface area contributed by atoms with E-state index >= 15 is 0 Å². The maximum atomic E-state index is 12.4. The molecule has 2 aliphatic rings. The quantitative estimate of drug-likeness (QED) is 0.897. The summed E-state index contributed by atoms with van der Waals surface area (Å²) in [4.78, 5) is 16.8. The molecule has 2 unspecified atom stereocenters. The van der Waals surface area contributed by atoms with Gasteiger partial charge in [-0.15, -0.1) is 0 Å². The van der Waals surface area contributed by atoms with Gasteiger partial charge in [0, 0.05) is 37.6 Å². The van der Waals surface area contributed by atoms with E-state index in [1.807, 2.05) is 27.8 Å². The lowest BCUT2D eigenvalue weighted by molar-refractivity contribution is 0.0545. The van der Waals surface area contributed by atoms with Gasteiger partial charge in [0.25, 0.3) is 5.91 Å². The highest BCUT2D eigenvalue weighted by Gasteiger charge is 2.32. The molecule has 4 rings (SSSR count). The summed E-state index contributed by atoms with van der Waals surface area (Å²) in [5.74, 6) is 0.163. The molecule has 0 bridgehead atoms. The number of hydrogen-bond acceptors (Lipinski definition) is 5. The van der Waals surface area contributed by atoms with Crippen molar-refractivity contribution < 1.29 is 4.79 Å². The molecule has 5 nitrogen and oxygen atoms in total. The van der Waals surface area contributed by atoms with Crippen molar-refractivity contribution >= 4 is 17.2 Å². The Morgan fingerprint density at radius 3 is 2.54 bits per heavy atom. The van der Waals surface area contributed by atoms with Crippen molar-refractivity contribution in [2.24, 2.45) is 0 Å². The second kappa shape index (κ2) is 7.03. The highest BCUT2D eigenvalue weighted by molar-refractivity contribution is 7.08. The maximum Gasteiger partial charge on any atom is 0.254 e. The number of rotatable bonds is 3. The summed E-state index contributed by atoms with van der Waals surface area (Å²) in [5, 5.41) is 3.89. The number of nitrogens with zero attached hydrogens (tertiary/aromatic N) is 2. The third kappa shape index (κ3) is 3.23. The van der Waals surface area contributed by atoms with Gasteiger partial charge in [0.2, 0.25) is 0 Å². The van der Waals surface area contributed by atoms with E-state index in [9.17, 15) is 4.79 Å². The average Bonchev–Trinajstić information content (AvgIpc) is 3.34. The number of carbonyl (C=O) groups is 1. The van der Waals surface area contributed by atoms with Crippen LogP contribution in [0.2, 0.25) is 0 Å². The number of carbonyl (C=O) groups excluding carboxylic acids is 1. The minimum Gasteiger partial charge on any atom is -0.336 e. The molecule has 2 aliphatic heterocycles. The van der Waals surface area contributed by atoms with E-state index in [0.29, 0.717) is 12.2 Å². The van der Waals surface area contributed by atoms with Crippen LogP contribution in [0.5, 0.6) is 0 Å². The van der Waals surface area contributed by atoms with Crippen molar-refractivity contribution in [2.45, 2.75) is 18.6 Å². The zero-order chi connectivity index (χ0) is 16.4. The van der Waals surface area contributed by atoms with Crippen LogP contribution >= 0.6 is 11.3 Å². The van der Waals surface area contributed by atoms with Crippen LogP contribution in [0.1, 0.15) is 28.4 Å². The van der Waals surface area contributed by atoms with Gasteiger partial charge in [0.1, 0.15) is 0 Å². The van der Waals surface area contributed by atoms with E-state index in [0.717, 1.165) is 38.2 Å². The van der Waals surface area contributed by atoms with Crippen molar-refractivity contribution in [1.29, 1.82) is 0 Å². The zero-order valence-electron chi connectivity index (χ0n) is 13.5. The number of hydrogen-bond donors (Lipinski definition) is 2. The van der Waals surface area contributed by atoms with Gasteiger partial charge in [-0.1, -0.05) is 30.3 Å². The monoisotopic (exact) mass is 342 g/mol. The molecule has 0 spiro atoms. The summed E-state index contributed by atoms with van der Waals surface area (Å²) in [6.07, 6.45) is 1.37. The third-order valence-electron chi connectivity index (χ3n) is 4.90. The van der Waals surface area contributed by atoms with Gasteiger partial charge in [-0.2, -0.15) is 11.3 Å². The first-order valence-corrected chi connectivity index (χ1v) is 9.37. The fraction of sp³-hybridized carbons (Fsp3) is 0.389. The second-order valence-electron chi connectivity index (χ2n) is 6.34. The van der Waals surface area contributed by atoms with E-state index < -0.39 is 0 Å². The molecule has 1 aromatic carbocycles. The van der Waals surface area contributed by atoms with Crippen LogP contribution in [0.4, 0.5) is 0 Å². The van der Waals surface area contributed by atoms with Gasteiger partial charge in [-0.3, -0.25) is 9.69 Å². The SMILES string of the molecule is O=C(c1ccsc1)N1CCN(C2CC(c3ccccc3)NN2)CC1. The molecule has 6 heteroatoms. The van der Waals surface area contributed by atoms with Gasteiger partial charge in [0.05, 0.1) is 11.7 Å². The zero-order valence-corrected chi connectivity index (χ0v) is 14.3. The molecule has 2 saturated heterocycles. The Labute approximate surface area is 146 Å². The topological polar surface area (TPSA) is 47.6 Å². The summed E-state index contributed by atoms with van der Waals surface area (Å²) in [6.45, 7) is 3.42. The van der Waals surface area contributed by atoms with Gasteiger partial charge >= 0.3 is 0 Å². The molecule has 126 valence electrons. The normalized spacial score (nSPS) is 25.1. The fourth-order valence-electron chi connectivity index (χ4n) is 3.49. The largest absolute Gasteiger partial charge is 0.336 e. The number of benzene rings is 1. The lowest BCUT2D eigenvalue weighted by Gasteiger charge is -2.37. The number of nitrogens with one attached hydrogen (secondary N) is 2. The van der Waals surface area contributed by atoms with Gasteiger partial charge in [-0.25, -0.2) is 10.9 Å². The highest BCUT2D eigenvalue weighted by atomic mass is 32.1. The molecule has 2 aromatic rings. The van der Waals surface area contributed by atoms with Crippen molar-refractivity contribution in [2.75, 3.05) is 26.2 Å². The summed E-state index contributed by atoms with van der Waals surface area (Å²) in [5.41, 5.74) is 8.96. The van der Waals surface area contributed by atoms with Crippen molar-refractivity contribution in [3.05, 3.63) is 58.3 Å². The molecule has 1 amide bonds. The third-order valence-corrected chi connectivity index (χ3v) is 5.58.